The van der Waals surface area contributed by atoms with E-state index < -0.39 is 0 Å². The molecule has 0 N–H and O–H groups in total. The van der Waals surface area contributed by atoms with E-state index in [1.807, 2.05) is 54.4 Å². The van der Waals surface area contributed by atoms with Crippen LogP contribution in [-0.4, -0.2) is 12.0 Å². The van der Waals surface area contributed by atoms with Gasteiger partial charge in [-0.25, -0.2) is 4.98 Å². The van der Waals surface area contributed by atoms with Crippen molar-refractivity contribution in [3.63, 3.8) is 0 Å². The minimum absolute atomic E-state index is 0.653. The number of rotatable bonds is 2. The molecule has 0 atom stereocenters. The lowest BCUT2D eigenvalue weighted by atomic mass is 10.3. The van der Waals surface area contributed by atoms with Gasteiger partial charge in [0.1, 0.15) is 5.82 Å². The van der Waals surface area contributed by atoms with Gasteiger partial charge in [-0.15, -0.1) is 0 Å². The maximum Gasteiger partial charge on any atom is 0.132 e. The fourth-order valence-corrected chi connectivity index (χ4v) is 1.46. The summed E-state index contributed by atoms with van der Waals surface area (Å²) in [7, 11) is 1.98. The molecule has 0 fully saturated rings. The largest absolute Gasteiger partial charge is 0.329 e. The van der Waals surface area contributed by atoms with Gasteiger partial charge in [0, 0.05) is 18.9 Å². The third-order valence-corrected chi connectivity index (χ3v) is 2.42. The molecular formula is C12H11ClN2. The van der Waals surface area contributed by atoms with E-state index in [9.17, 15) is 0 Å². The zero-order valence-electron chi connectivity index (χ0n) is 8.39. The quantitative estimate of drug-likeness (QED) is 0.767. The third-order valence-electron chi connectivity index (χ3n) is 2.20. The molecule has 0 saturated carbocycles. The number of hydrogen-bond acceptors (Lipinski definition) is 2. The highest BCUT2D eigenvalue weighted by atomic mass is 35.5. The Bertz CT molecular complexity index is 425. The Labute approximate surface area is 94.1 Å². The summed E-state index contributed by atoms with van der Waals surface area (Å²) in [5.74, 6) is 0.880. The molecular weight excluding hydrogens is 208 g/mol. The lowest BCUT2D eigenvalue weighted by Gasteiger charge is -2.17. The first-order chi connectivity index (χ1) is 7.27. The van der Waals surface area contributed by atoms with E-state index in [0.29, 0.717) is 5.02 Å². The molecule has 0 spiro atoms. The summed E-state index contributed by atoms with van der Waals surface area (Å²) < 4.78 is 0. The molecule has 0 radical (unpaired) electrons. The molecule has 0 bridgehead atoms. The first-order valence-corrected chi connectivity index (χ1v) is 5.05. The van der Waals surface area contributed by atoms with E-state index in [2.05, 4.69) is 4.98 Å². The van der Waals surface area contributed by atoms with Crippen molar-refractivity contribution >= 4 is 23.1 Å². The summed E-state index contributed by atoms with van der Waals surface area (Å²) in [6, 6.07) is 13.8. The van der Waals surface area contributed by atoms with Gasteiger partial charge in [0.05, 0.1) is 5.02 Å². The maximum absolute atomic E-state index is 5.78. The lowest BCUT2D eigenvalue weighted by molar-refractivity contribution is 1.13. The molecule has 2 rings (SSSR count). The number of nitrogens with zero attached hydrogens (tertiary/aromatic N) is 2. The van der Waals surface area contributed by atoms with Crippen molar-refractivity contribution < 1.29 is 0 Å². The molecule has 0 saturated heterocycles. The Kier molecular flexibility index (Phi) is 2.88. The first kappa shape index (κ1) is 9.99. The molecule has 1 heterocycles. The molecule has 76 valence electrons. The molecule has 0 aliphatic carbocycles. The molecule has 1 aromatic heterocycles. The lowest BCUT2D eigenvalue weighted by Crippen LogP contribution is -2.10. The molecule has 2 nitrogen and oxygen atoms in total. The van der Waals surface area contributed by atoms with Gasteiger partial charge in [0.25, 0.3) is 0 Å². The number of benzene rings is 1. The van der Waals surface area contributed by atoms with Crippen molar-refractivity contribution in [1.82, 2.24) is 4.98 Å². The molecule has 15 heavy (non-hydrogen) atoms. The molecule has 1 aromatic carbocycles. The summed E-state index contributed by atoms with van der Waals surface area (Å²) in [5.41, 5.74) is 1.10. The van der Waals surface area contributed by atoms with Crippen LogP contribution >= 0.6 is 11.6 Å². The average molecular weight is 219 g/mol. The van der Waals surface area contributed by atoms with Gasteiger partial charge < -0.3 is 4.90 Å². The molecule has 0 aliphatic heterocycles. The molecule has 0 amide bonds. The Morgan fingerprint density at radius 2 is 1.80 bits per heavy atom. The fraction of sp³-hybridized carbons (Fsp3) is 0.0833. The topological polar surface area (TPSA) is 16.1 Å². The van der Waals surface area contributed by atoms with Crippen LogP contribution in [0.4, 0.5) is 11.5 Å². The summed E-state index contributed by atoms with van der Waals surface area (Å²) in [4.78, 5) is 6.26. The van der Waals surface area contributed by atoms with Crippen molar-refractivity contribution in [2.45, 2.75) is 0 Å². The van der Waals surface area contributed by atoms with Gasteiger partial charge in [0.2, 0.25) is 0 Å². The second-order valence-electron chi connectivity index (χ2n) is 3.23. The summed E-state index contributed by atoms with van der Waals surface area (Å²) >= 11 is 5.78. The van der Waals surface area contributed by atoms with Crippen molar-refractivity contribution in [2.75, 3.05) is 11.9 Å². The number of para-hydroxylation sites is 1. The number of hydrogen-bond donors (Lipinski definition) is 0. The predicted octanol–water partition coefficient (Wildman–Crippen LogP) is 3.50. The van der Waals surface area contributed by atoms with E-state index in [1.54, 1.807) is 6.20 Å². The summed E-state index contributed by atoms with van der Waals surface area (Å²) in [5, 5.41) is 0.653. The number of aromatic nitrogens is 1. The monoisotopic (exact) mass is 218 g/mol. The molecule has 0 unspecified atom stereocenters. The normalized spacial score (nSPS) is 10.0. The summed E-state index contributed by atoms with van der Waals surface area (Å²) in [6.07, 6.45) is 1.65. The SMILES string of the molecule is CN(c1ccccc1)c1ccc(Cl)cn1. The number of anilines is 2. The third kappa shape index (κ3) is 2.28. The van der Waals surface area contributed by atoms with Gasteiger partial charge in [-0.1, -0.05) is 29.8 Å². The van der Waals surface area contributed by atoms with Crippen LogP contribution in [0, 0.1) is 0 Å². The average Bonchev–Trinajstić information content (AvgIpc) is 2.30. The van der Waals surface area contributed by atoms with Crippen LogP contribution in [0.2, 0.25) is 5.02 Å². The second-order valence-corrected chi connectivity index (χ2v) is 3.67. The van der Waals surface area contributed by atoms with Gasteiger partial charge in [0.15, 0.2) is 0 Å². The van der Waals surface area contributed by atoms with Crippen LogP contribution in [-0.2, 0) is 0 Å². The van der Waals surface area contributed by atoms with Crippen molar-refractivity contribution in [2.24, 2.45) is 0 Å². The van der Waals surface area contributed by atoms with Crippen molar-refractivity contribution in [1.29, 1.82) is 0 Å². The molecule has 3 heteroatoms. The summed E-state index contributed by atoms with van der Waals surface area (Å²) in [6.45, 7) is 0. The van der Waals surface area contributed by atoms with Gasteiger partial charge in [-0.2, -0.15) is 0 Å². The number of pyridine rings is 1. The van der Waals surface area contributed by atoms with Crippen LogP contribution in [0.5, 0.6) is 0 Å². The zero-order chi connectivity index (χ0) is 10.7. The van der Waals surface area contributed by atoms with Gasteiger partial charge in [-0.3, -0.25) is 0 Å². The molecule has 2 aromatic rings. The van der Waals surface area contributed by atoms with E-state index >= 15 is 0 Å². The van der Waals surface area contributed by atoms with Gasteiger partial charge >= 0.3 is 0 Å². The second kappa shape index (κ2) is 4.32. The van der Waals surface area contributed by atoms with Crippen LogP contribution in [0.25, 0.3) is 0 Å². The van der Waals surface area contributed by atoms with Crippen molar-refractivity contribution in [3.8, 4) is 0 Å². The Morgan fingerprint density at radius 3 is 2.40 bits per heavy atom. The molecule has 0 aliphatic rings. The minimum atomic E-state index is 0.653. The highest BCUT2D eigenvalue weighted by molar-refractivity contribution is 6.30. The Morgan fingerprint density at radius 1 is 1.07 bits per heavy atom. The van der Waals surface area contributed by atoms with E-state index in [4.69, 9.17) is 11.6 Å². The minimum Gasteiger partial charge on any atom is -0.329 e. The Hall–Kier alpha value is -1.54. The van der Waals surface area contributed by atoms with E-state index in [0.717, 1.165) is 11.5 Å². The van der Waals surface area contributed by atoms with Gasteiger partial charge in [-0.05, 0) is 24.3 Å². The smallest absolute Gasteiger partial charge is 0.132 e. The predicted molar refractivity (Wildman–Crippen MR) is 63.8 cm³/mol. The highest BCUT2D eigenvalue weighted by Gasteiger charge is 2.03. The van der Waals surface area contributed by atoms with Crippen LogP contribution in [0.1, 0.15) is 0 Å². The maximum atomic E-state index is 5.78. The van der Waals surface area contributed by atoms with Crippen LogP contribution in [0.3, 0.4) is 0 Å². The van der Waals surface area contributed by atoms with E-state index in [1.165, 1.54) is 0 Å². The van der Waals surface area contributed by atoms with Crippen LogP contribution < -0.4 is 4.90 Å². The van der Waals surface area contributed by atoms with E-state index in [-0.39, 0.29) is 0 Å². The highest BCUT2D eigenvalue weighted by Crippen LogP contribution is 2.21. The first-order valence-electron chi connectivity index (χ1n) is 4.68. The zero-order valence-corrected chi connectivity index (χ0v) is 9.15. The van der Waals surface area contributed by atoms with Crippen molar-refractivity contribution in [3.05, 3.63) is 53.7 Å². The van der Waals surface area contributed by atoms with Crippen LogP contribution in [0.15, 0.2) is 48.7 Å². The Balaban J connectivity index is 2.29. The number of halogens is 1. The fourth-order valence-electron chi connectivity index (χ4n) is 1.35. The standard InChI is InChI=1S/C12H11ClN2/c1-15(11-5-3-2-4-6-11)12-8-7-10(13)9-14-12/h2-9H,1H3.